The molecule has 0 heterocycles. The lowest BCUT2D eigenvalue weighted by Crippen LogP contribution is -2.30. The van der Waals surface area contributed by atoms with E-state index < -0.39 is 19.2 Å². The van der Waals surface area contributed by atoms with Crippen LogP contribution in [0.15, 0.2) is 23.1 Å². The van der Waals surface area contributed by atoms with Crippen molar-refractivity contribution in [3.8, 4) is 5.75 Å². The molecule has 0 unspecified atom stereocenters. The van der Waals surface area contributed by atoms with Crippen LogP contribution >= 0.6 is 12.6 Å². The predicted molar refractivity (Wildman–Crippen MR) is 50.2 cm³/mol. The van der Waals surface area contributed by atoms with Crippen molar-refractivity contribution < 1.29 is 28.0 Å². The Balaban J connectivity index is 2.94. The van der Waals surface area contributed by atoms with E-state index in [0.717, 1.165) is 18.2 Å². The average molecular weight is 238 g/mol. The molecule has 0 amide bonds. The summed E-state index contributed by atoms with van der Waals surface area (Å²) in [6.45, 7) is 0. The van der Waals surface area contributed by atoms with Crippen LogP contribution in [0, 0.1) is 0 Å². The zero-order valence-corrected chi connectivity index (χ0v) is 8.09. The number of hydrogen-bond acceptors (Lipinski definition) is 4. The van der Waals surface area contributed by atoms with E-state index in [0.29, 0.717) is 0 Å². The highest BCUT2D eigenvalue weighted by Gasteiger charge is 2.32. The predicted octanol–water partition coefficient (Wildman–Crippen LogP) is 0.554. The lowest BCUT2D eigenvalue weighted by molar-refractivity contribution is -0.275. The lowest BCUT2D eigenvalue weighted by atomic mass is 9.80. The molecular weight excluding hydrogens is 232 g/mol. The Bertz CT molecular complexity index is 356. The van der Waals surface area contributed by atoms with Crippen LogP contribution in [-0.2, 0) is 0 Å². The summed E-state index contributed by atoms with van der Waals surface area (Å²) >= 11 is 3.73. The van der Waals surface area contributed by atoms with Crippen LogP contribution in [0.5, 0.6) is 5.75 Å². The fourth-order valence-electron chi connectivity index (χ4n) is 0.906. The standard InChI is InChI=1S/C7H6BF3O3S/c9-7(10,11)14-5-2-1-4(8(12)13)3-6(5)15/h1-3,12-13,15H. The minimum absolute atomic E-state index is 0.0366. The molecule has 3 nitrogen and oxygen atoms in total. The highest BCUT2D eigenvalue weighted by atomic mass is 32.1. The Kier molecular flexibility index (Phi) is 3.53. The summed E-state index contributed by atoms with van der Waals surface area (Å²) in [5, 5.41) is 17.5. The van der Waals surface area contributed by atoms with Crippen molar-refractivity contribution in [3.05, 3.63) is 18.2 Å². The molecule has 2 N–H and O–H groups in total. The third-order valence-corrected chi connectivity index (χ3v) is 1.86. The van der Waals surface area contributed by atoms with Crippen LogP contribution in [-0.4, -0.2) is 23.5 Å². The molecule has 82 valence electrons. The maximum Gasteiger partial charge on any atom is 0.573 e. The first kappa shape index (κ1) is 12.2. The first-order valence-electron chi connectivity index (χ1n) is 3.74. The molecule has 0 saturated carbocycles. The van der Waals surface area contributed by atoms with Crippen molar-refractivity contribution in [2.45, 2.75) is 11.3 Å². The molecular formula is C7H6BF3O3S. The largest absolute Gasteiger partial charge is 0.573 e. The molecule has 0 bridgehead atoms. The highest BCUT2D eigenvalue weighted by molar-refractivity contribution is 7.80. The van der Waals surface area contributed by atoms with Gasteiger partial charge in [0.15, 0.2) is 0 Å². The molecule has 0 aliphatic heterocycles. The Morgan fingerprint density at radius 3 is 2.27 bits per heavy atom. The molecule has 0 aliphatic carbocycles. The van der Waals surface area contributed by atoms with E-state index in [1.807, 2.05) is 0 Å². The highest BCUT2D eigenvalue weighted by Crippen LogP contribution is 2.27. The van der Waals surface area contributed by atoms with Crippen LogP contribution in [0.2, 0.25) is 0 Å². The topological polar surface area (TPSA) is 49.7 Å². The SMILES string of the molecule is OB(O)c1ccc(OC(F)(F)F)c(S)c1. The summed E-state index contributed by atoms with van der Waals surface area (Å²) < 4.78 is 39.1. The number of rotatable bonds is 2. The van der Waals surface area contributed by atoms with E-state index in [1.165, 1.54) is 0 Å². The van der Waals surface area contributed by atoms with Gasteiger partial charge in [-0.05, 0) is 17.6 Å². The van der Waals surface area contributed by atoms with Crippen molar-refractivity contribution in [1.82, 2.24) is 0 Å². The fourth-order valence-corrected chi connectivity index (χ4v) is 1.18. The van der Waals surface area contributed by atoms with Gasteiger partial charge in [0.05, 0.1) is 0 Å². The van der Waals surface area contributed by atoms with Crippen LogP contribution < -0.4 is 10.2 Å². The quantitative estimate of drug-likeness (QED) is 0.521. The number of benzene rings is 1. The van der Waals surface area contributed by atoms with E-state index >= 15 is 0 Å². The molecule has 0 saturated heterocycles. The van der Waals surface area contributed by atoms with Crippen LogP contribution in [0.4, 0.5) is 13.2 Å². The van der Waals surface area contributed by atoms with Gasteiger partial charge in [0, 0.05) is 4.90 Å². The van der Waals surface area contributed by atoms with Crippen molar-refractivity contribution in [1.29, 1.82) is 0 Å². The van der Waals surface area contributed by atoms with Gasteiger partial charge >= 0.3 is 13.5 Å². The van der Waals surface area contributed by atoms with Gasteiger partial charge in [-0.15, -0.1) is 25.8 Å². The summed E-state index contributed by atoms with van der Waals surface area (Å²) in [6.07, 6.45) is -4.79. The van der Waals surface area contributed by atoms with E-state index in [-0.39, 0.29) is 10.4 Å². The van der Waals surface area contributed by atoms with Crippen molar-refractivity contribution in [2.24, 2.45) is 0 Å². The third-order valence-electron chi connectivity index (χ3n) is 1.51. The van der Waals surface area contributed by atoms with Crippen LogP contribution in [0.3, 0.4) is 0 Å². The summed E-state index contributed by atoms with van der Waals surface area (Å²) in [6, 6.07) is 3.14. The van der Waals surface area contributed by atoms with E-state index in [9.17, 15) is 13.2 Å². The second-order valence-corrected chi connectivity index (χ2v) is 3.13. The smallest absolute Gasteiger partial charge is 0.423 e. The Hall–Kier alpha value is -0.855. The van der Waals surface area contributed by atoms with Gasteiger partial charge in [-0.1, -0.05) is 6.07 Å². The summed E-state index contributed by atoms with van der Waals surface area (Å²) in [5.74, 6) is -0.491. The van der Waals surface area contributed by atoms with E-state index in [4.69, 9.17) is 10.0 Å². The zero-order valence-electron chi connectivity index (χ0n) is 7.19. The number of thiol groups is 1. The fraction of sp³-hybridized carbons (Fsp3) is 0.143. The van der Waals surface area contributed by atoms with Gasteiger partial charge in [0.25, 0.3) is 0 Å². The van der Waals surface area contributed by atoms with Crippen LogP contribution in [0.25, 0.3) is 0 Å². The Morgan fingerprint density at radius 2 is 1.87 bits per heavy atom. The van der Waals surface area contributed by atoms with Gasteiger partial charge in [-0.2, -0.15) is 0 Å². The molecule has 1 rings (SSSR count). The number of halogens is 3. The minimum atomic E-state index is -4.79. The van der Waals surface area contributed by atoms with Gasteiger partial charge in [-0.25, -0.2) is 0 Å². The van der Waals surface area contributed by atoms with Gasteiger partial charge < -0.3 is 14.8 Å². The van der Waals surface area contributed by atoms with Crippen LogP contribution in [0.1, 0.15) is 0 Å². The molecule has 0 fully saturated rings. The zero-order chi connectivity index (χ0) is 11.6. The average Bonchev–Trinajstić information content (AvgIpc) is 2.05. The first-order chi connectivity index (χ1) is 6.79. The van der Waals surface area contributed by atoms with E-state index in [2.05, 4.69) is 17.4 Å². The molecule has 0 aliphatic rings. The van der Waals surface area contributed by atoms with E-state index in [1.54, 1.807) is 0 Å². The van der Waals surface area contributed by atoms with Gasteiger partial charge in [0.1, 0.15) is 5.75 Å². The molecule has 1 aromatic carbocycles. The van der Waals surface area contributed by atoms with Gasteiger partial charge in [-0.3, -0.25) is 0 Å². The molecule has 0 radical (unpaired) electrons. The van der Waals surface area contributed by atoms with Crippen molar-refractivity contribution in [2.75, 3.05) is 0 Å². The lowest BCUT2D eigenvalue weighted by Gasteiger charge is -2.11. The van der Waals surface area contributed by atoms with Crippen molar-refractivity contribution in [3.63, 3.8) is 0 Å². The molecule has 0 atom stereocenters. The molecule has 1 aromatic rings. The molecule has 8 heteroatoms. The maximum absolute atomic E-state index is 11.8. The van der Waals surface area contributed by atoms with Crippen molar-refractivity contribution >= 4 is 25.2 Å². The molecule has 15 heavy (non-hydrogen) atoms. The third kappa shape index (κ3) is 3.65. The molecule has 0 aromatic heterocycles. The molecule has 0 spiro atoms. The summed E-state index contributed by atoms with van der Waals surface area (Å²) in [7, 11) is -1.75. The summed E-state index contributed by atoms with van der Waals surface area (Å²) in [4.78, 5) is -0.127. The maximum atomic E-state index is 11.8. The summed E-state index contributed by atoms with van der Waals surface area (Å²) in [5.41, 5.74) is 0.0366. The Labute approximate surface area is 89.0 Å². The minimum Gasteiger partial charge on any atom is -0.423 e. The number of hydrogen-bond donors (Lipinski definition) is 3. The second kappa shape index (κ2) is 4.34. The second-order valence-electron chi connectivity index (χ2n) is 2.65. The number of alkyl halides is 3. The normalized spacial score (nSPS) is 11.3. The van der Waals surface area contributed by atoms with Gasteiger partial charge in [0.2, 0.25) is 0 Å². The monoisotopic (exact) mass is 238 g/mol. The first-order valence-corrected chi connectivity index (χ1v) is 4.19. The number of ether oxygens (including phenoxy) is 1. The Morgan fingerprint density at radius 1 is 1.27 bits per heavy atom.